The molecule has 5 heteroatoms. The van der Waals surface area contributed by atoms with Crippen molar-refractivity contribution in [3.63, 3.8) is 0 Å². The van der Waals surface area contributed by atoms with Gasteiger partial charge in [0.1, 0.15) is 0 Å². The van der Waals surface area contributed by atoms with Crippen LogP contribution in [0.4, 0.5) is 10.5 Å². The molecule has 0 spiro atoms. The van der Waals surface area contributed by atoms with Crippen molar-refractivity contribution in [1.29, 1.82) is 0 Å². The smallest absolute Gasteiger partial charge is 0.321 e. The number of hydrogen-bond acceptors (Lipinski definition) is 3. The molecule has 0 unspecified atom stereocenters. The third kappa shape index (κ3) is 4.84. The number of nitrogens with one attached hydrogen (secondary N) is 3. The first kappa shape index (κ1) is 14.9. The summed E-state index contributed by atoms with van der Waals surface area (Å²) in [5.41, 5.74) is 1.48. The standard InChI is InChI=1S/C16H19N3O2/c1-2-12-6-5-9-14(10-12)17-11-15(20)19-16(21)18-13-7-3-4-8-13/h1,5-6,9-10,13,17H,3-4,7-8,11H2,(H2,18,19,20,21). The molecular weight excluding hydrogens is 266 g/mol. The Kier molecular flexibility index (Phi) is 5.22. The second kappa shape index (κ2) is 7.34. The zero-order valence-corrected chi connectivity index (χ0v) is 11.8. The largest absolute Gasteiger partial charge is 0.376 e. The van der Waals surface area contributed by atoms with Crippen molar-refractivity contribution in [2.45, 2.75) is 31.7 Å². The van der Waals surface area contributed by atoms with Gasteiger partial charge in [0.05, 0.1) is 6.54 Å². The minimum Gasteiger partial charge on any atom is -0.376 e. The van der Waals surface area contributed by atoms with E-state index in [0.717, 1.165) is 36.9 Å². The van der Waals surface area contributed by atoms with Crippen LogP contribution in [0.3, 0.4) is 0 Å². The maximum absolute atomic E-state index is 11.7. The average Bonchev–Trinajstić information content (AvgIpc) is 2.98. The van der Waals surface area contributed by atoms with Crippen LogP contribution in [0.5, 0.6) is 0 Å². The van der Waals surface area contributed by atoms with Crippen molar-refractivity contribution >= 4 is 17.6 Å². The molecule has 2 rings (SSSR count). The number of terminal acetylenes is 1. The van der Waals surface area contributed by atoms with Crippen molar-refractivity contribution in [2.75, 3.05) is 11.9 Å². The number of hydrogen-bond donors (Lipinski definition) is 3. The van der Waals surface area contributed by atoms with Gasteiger partial charge in [-0.3, -0.25) is 10.1 Å². The highest BCUT2D eigenvalue weighted by molar-refractivity contribution is 5.96. The Morgan fingerprint density at radius 2 is 2.05 bits per heavy atom. The minimum absolute atomic E-state index is 0.0200. The molecule has 1 aromatic rings. The summed E-state index contributed by atoms with van der Waals surface area (Å²) in [6, 6.07) is 6.96. The highest BCUT2D eigenvalue weighted by Gasteiger charge is 2.17. The molecule has 110 valence electrons. The fraction of sp³-hybridized carbons (Fsp3) is 0.375. The molecule has 21 heavy (non-hydrogen) atoms. The van der Waals surface area contributed by atoms with Crippen molar-refractivity contribution in [2.24, 2.45) is 0 Å². The first-order chi connectivity index (χ1) is 10.2. The topological polar surface area (TPSA) is 70.2 Å². The molecule has 3 N–H and O–H groups in total. The van der Waals surface area contributed by atoms with E-state index in [1.165, 1.54) is 0 Å². The van der Waals surface area contributed by atoms with Gasteiger partial charge in [0.2, 0.25) is 5.91 Å². The molecular formula is C16H19N3O2. The summed E-state index contributed by atoms with van der Waals surface area (Å²) in [4.78, 5) is 23.3. The number of carbonyl (C=O) groups excluding carboxylic acids is 2. The van der Waals surface area contributed by atoms with Gasteiger partial charge in [0, 0.05) is 17.3 Å². The maximum atomic E-state index is 11.7. The van der Waals surface area contributed by atoms with Gasteiger partial charge in [-0.2, -0.15) is 0 Å². The van der Waals surface area contributed by atoms with Gasteiger partial charge in [0.25, 0.3) is 0 Å². The van der Waals surface area contributed by atoms with E-state index in [1.54, 1.807) is 12.1 Å². The molecule has 3 amide bonds. The number of imide groups is 1. The van der Waals surface area contributed by atoms with Crippen LogP contribution in [-0.4, -0.2) is 24.5 Å². The molecule has 0 bridgehead atoms. The third-order valence-corrected chi connectivity index (χ3v) is 3.43. The Hall–Kier alpha value is -2.48. The molecule has 1 saturated carbocycles. The first-order valence-electron chi connectivity index (χ1n) is 7.08. The normalized spacial score (nSPS) is 14.2. The minimum atomic E-state index is -0.425. The predicted molar refractivity (Wildman–Crippen MR) is 81.8 cm³/mol. The van der Waals surface area contributed by atoms with Crippen LogP contribution >= 0.6 is 0 Å². The Labute approximate surface area is 124 Å². The van der Waals surface area contributed by atoms with E-state index in [2.05, 4.69) is 21.9 Å². The molecule has 1 fully saturated rings. The van der Waals surface area contributed by atoms with Gasteiger partial charge in [-0.05, 0) is 31.0 Å². The lowest BCUT2D eigenvalue weighted by atomic mass is 10.2. The van der Waals surface area contributed by atoms with E-state index in [-0.39, 0.29) is 18.5 Å². The summed E-state index contributed by atoms with van der Waals surface area (Å²) < 4.78 is 0. The van der Waals surface area contributed by atoms with Crippen molar-refractivity contribution in [3.8, 4) is 12.3 Å². The molecule has 0 saturated heterocycles. The van der Waals surface area contributed by atoms with Crippen molar-refractivity contribution < 1.29 is 9.59 Å². The molecule has 0 aromatic heterocycles. The van der Waals surface area contributed by atoms with Gasteiger partial charge in [-0.1, -0.05) is 24.8 Å². The van der Waals surface area contributed by atoms with E-state index in [0.29, 0.717) is 0 Å². The molecule has 1 aliphatic rings. The Morgan fingerprint density at radius 3 is 2.76 bits per heavy atom. The molecule has 0 aliphatic heterocycles. The van der Waals surface area contributed by atoms with Crippen LogP contribution < -0.4 is 16.0 Å². The zero-order valence-electron chi connectivity index (χ0n) is 11.8. The summed E-state index contributed by atoms with van der Waals surface area (Å²) in [7, 11) is 0. The van der Waals surface area contributed by atoms with E-state index in [4.69, 9.17) is 6.42 Å². The van der Waals surface area contributed by atoms with Crippen LogP contribution in [0.25, 0.3) is 0 Å². The molecule has 1 aromatic carbocycles. The van der Waals surface area contributed by atoms with Crippen LogP contribution in [-0.2, 0) is 4.79 Å². The first-order valence-corrected chi connectivity index (χ1v) is 7.08. The van der Waals surface area contributed by atoms with Crippen LogP contribution in [0, 0.1) is 12.3 Å². The SMILES string of the molecule is C#Cc1cccc(NCC(=O)NC(=O)NC2CCCC2)c1. The Balaban J connectivity index is 1.73. The van der Waals surface area contributed by atoms with Gasteiger partial charge < -0.3 is 10.6 Å². The van der Waals surface area contributed by atoms with E-state index in [1.807, 2.05) is 12.1 Å². The summed E-state index contributed by atoms with van der Waals surface area (Å²) >= 11 is 0. The Bertz CT molecular complexity index is 557. The summed E-state index contributed by atoms with van der Waals surface area (Å²) in [6.07, 6.45) is 9.54. The second-order valence-electron chi connectivity index (χ2n) is 5.08. The zero-order chi connectivity index (χ0) is 15.1. The fourth-order valence-corrected chi connectivity index (χ4v) is 2.36. The lowest BCUT2D eigenvalue weighted by molar-refractivity contribution is -0.118. The number of benzene rings is 1. The highest BCUT2D eigenvalue weighted by Crippen LogP contribution is 2.17. The van der Waals surface area contributed by atoms with Crippen LogP contribution in [0.1, 0.15) is 31.2 Å². The third-order valence-electron chi connectivity index (χ3n) is 3.43. The monoisotopic (exact) mass is 285 g/mol. The van der Waals surface area contributed by atoms with Gasteiger partial charge in [-0.25, -0.2) is 4.79 Å². The predicted octanol–water partition coefficient (Wildman–Crippen LogP) is 1.85. The lowest BCUT2D eigenvalue weighted by Crippen LogP contribution is -2.45. The van der Waals surface area contributed by atoms with Crippen LogP contribution in [0.2, 0.25) is 0 Å². The van der Waals surface area contributed by atoms with E-state index >= 15 is 0 Å². The molecule has 5 nitrogen and oxygen atoms in total. The summed E-state index contributed by atoms with van der Waals surface area (Å²) in [5, 5.41) is 8.05. The van der Waals surface area contributed by atoms with Crippen molar-refractivity contribution in [3.05, 3.63) is 29.8 Å². The average molecular weight is 285 g/mol. The molecule has 1 aliphatic carbocycles. The highest BCUT2D eigenvalue weighted by atomic mass is 16.2. The quantitative estimate of drug-likeness (QED) is 0.739. The Morgan fingerprint density at radius 1 is 1.29 bits per heavy atom. The number of amides is 3. The van der Waals surface area contributed by atoms with Crippen molar-refractivity contribution in [1.82, 2.24) is 10.6 Å². The van der Waals surface area contributed by atoms with Gasteiger partial charge in [0.15, 0.2) is 0 Å². The molecule has 0 heterocycles. The number of urea groups is 1. The number of carbonyl (C=O) groups is 2. The number of rotatable bonds is 4. The van der Waals surface area contributed by atoms with Crippen LogP contribution in [0.15, 0.2) is 24.3 Å². The molecule has 0 atom stereocenters. The second-order valence-corrected chi connectivity index (χ2v) is 5.08. The van der Waals surface area contributed by atoms with Gasteiger partial charge >= 0.3 is 6.03 Å². The lowest BCUT2D eigenvalue weighted by Gasteiger charge is -2.12. The van der Waals surface area contributed by atoms with E-state index in [9.17, 15) is 9.59 Å². The van der Waals surface area contributed by atoms with E-state index < -0.39 is 6.03 Å². The summed E-state index contributed by atoms with van der Waals surface area (Å²) in [5.74, 6) is 2.14. The summed E-state index contributed by atoms with van der Waals surface area (Å²) in [6.45, 7) is 0.0200. The maximum Gasteiger partial charge on any atom is 0.321 e. The fourth-order valence-electron chi connectivity index (χ4n) is 2.36. The van der Waals surface area contributed by atoms with Gasteiger partial charge in [-0.15, -0.1) is 6.42 Å². The molecule has 0 radical (unpaired) electrons. The number of anilines is 1.